The molecule has 0 radical (unpaired) electrons. The van der Waals surface area contributed by atoms with Gasteiger partial charge in [0.15, 0.2) is 0 Å². The Kier molecular flexibility index (Phi) is 6.77. The van der Waals surface area contributed by atoms with Crippen LogP contribution >= 0.6 is 15.9 Å². The molecule has 86 valence electrons. The molecular formula is C9H15BrN2O3. The van der Waals surface area contributed by atoms with E-state index in [2.05, 4.69) is 33.1 Å². The topological polar surface area (TPSA) is 78.4 Å². The molecule has 0 aliphatic carbocycles. The summed E-state index contributed by atoms with van der Waals surface area (Å²) in [5, 5.41) is 13.7. The normalized spacial score (nSPS) is 11.6. The first kappa shape index (κ1) is 14.0. The zero-order valence-corrected chi connectivity index (χ0v) is 10.1. The number of aliphatic carboxylic acids is 1. The van der Waals surface area contributed by atoms with Crippen LogP contribution in [0.2, 0.25) is 0 Å². The lowest BCUT2D eigenvalue weighted by molar-refractivity contribution is -0.141. The summed E-state index contributed by atoms with van der Waals surface area (Å²) in [6.45, 7) is 5.84. The first-order valence-electron chi connectivity index (χ1n) is 4.51. The van der Waals surface area contributed by atoms with Gasteiger partial charge in [0.2, 0.25) is 0 Å². The summed E-state index contributed by atoms with van der Waals surface area (Å²) in [7, 11) is 0. The van der Waals surface area contributed by atoms with Gasteiger partial charge >= 0.3 is 12.0 Å². The molecule has 0 fully saturated rings. The van der Waals surface area contributed by atoms with Crippen LogP contribution in [0.15, 0.2) is 11.1 Å². The third kappa shape index (κ3) is 7.99. The predicted octanol–water partition coefficient (Wildman–Crippen LogP) is 1.30. The Morgan fingerprint density at radius 1 is 1.47 bits per heavy atom. The smallest absolute Gasteiger partial charge is 0.315 e. The Balaban J connectivity index is 3.55. The number of rotatable bonds is 6. The van der Waals surface area contributed by atoms with E-state index < -0.39 is 11.9 Å². The molecule has 0 aliphatic heterocycles. The fourth-order valence-corrected chi connectivity index (χ4v) is 0.905. The molecule has 6 heteroatoms. The van der Waals surface area contributed by atoms with Crippen LogP contribution in [0.4, 0.5) is 4.79 Å². The molecule has 0 aromatic carbocycles. The van der Waals surface area contributed by atoms with Gasteiger partial charge in [-0.25, -0.2) is 4.79 Å². The SMILES string of the molecule is C=C(Br)CNC(=O)NCCC(C)C(=O)O. The highest BCUT2D eigenvalue weighted by Crippen LogP contribution is 1.99. The molecule has 3 N–H and O–H groups in total. The first-order chi connectivity index (χ1) is 6.93. The molecule has 1 unspecified atom stereocenters. The van der Waals surface area contributed by atoms with Crippen molar-refractivity contribution in [3.05, 3.63) is 11.1 Å². The Labute approximate surface area is 97.1 Å². The van der Waals surface area contributed by atoms with Crippen LogP contribution in [-0.2, 0) is 4.79 Å². The predicted molar refractivity (Wildman–Crippen MR) is 60.9 cm³/mol. The van der Waals surface area contributed by atoms with Crippen molar-refractivity contribution < 1.29 is 14.7 Å². The van der Waals surface area contributed by atoms with Gasteiger partial charge in [-0.3, -0.25) is 4.79 Å². The van der Waals surface area contributed by atoms with Gasteiger partial charge in [-0.05, 0) is 6.42 Å². The Bertz CT molecular complexity index is 256. The lowest BCUT2D eigenvalue weighted by Gasteiger charge is -2.08. The molecule has 0 aromatic rings. The van der Waals surface area contributed by atoms with Crippen molar-refractivity contribution in [3.8, 4) is 0 Å². The van der Waals surface area contributed by atoms with E-state index in [9.17, 15) is 9.59 Å². The molecule has 0 saturated heterocycles. The van der Waals surface area contributed by atoms with Crippen LogP contribution in [0.1, 0.15) is 13.3 Å². The van der Waals surface area contributed by atoms with Gasteiger partial charge < -0.3 is 15.7 Å². The minimum absolute atomic E-state index is 0.326. The molecule has 2 amide bonds. The summed E-state index contributed by atoms with van der Waals surface area (Å²) in [6, 6.07) is -0.326. The van der Waals surface area contributed by atoms with Gasteiger partial charge in [0.25, 0.3) is 0 Å². The van der Waals surface area contributed by atoms with E-state index in [0.29, 0.717) is 24.0 Å². The fraction of sp³-hybridized carbons (Fsp3) is 0.556. The van der Waals surface area contributed by atoms with E-state index in [0.717, 1.165) is 0 Å². The number of hydrogen-bond acceptors (Lipinski definition) is 2. The van der Waals surface area contributed by atoms with Gasteiger partial charge in [0.05, 0.1) is 12.5 Å². The second-order valence-electron chi connectivity index (χ2n) is 3.15. The summed E-state index contributed by atoms with van der Waals surface area (Å²) >= 11 is 3.10. The number of carbonyl (C=O) groups excluding carboxylic acids is 1. The molecule has 0 heterocycles. The zero-order chi connectivity index (χ0) is 11.8. The summed E-state index contributed by atoms with van der Waals surface area (Å²) in [5.74, 6) is -1.30. The highest BCUT2D eigenvalue weighted by Gasteiger charge is 2.10. The van der Waals surface area contributed by atoms with E-state index in [4.69, 9.17) is 5.11 Å². The first-order valence-corrected chi connectivity index (χ1v) is 5.30. The number of halogens is 1. The van der Waals surface area contributed by atoms with Crippen LogP contribution < -0.4 is 10.6 Å². The molecule has 15 heavy (non-hydrogen) atoms. The van der Waals surface area contributed by atoms with Crippen molar-refractivity contribution >= 4 is 27.9 Å². The number of carboxylic acid groups (broad SMARTS) is 1. The van der Waals surface area contributed by atoms with Crippen LogP contribution in [0, 0.1) is 5.92 Å². The van der Waals surface area contributed by atoms with Crippen LogP contribution in [0.5, 0.6) is 0 Å². The Morgan fingerprint density at radius 3 is 2.53 bits per heavy atom. The average molecular weight is 279 g/mol. The maximum absolute atomic E-state index is 11.1. The van der Waals surface area contributed by atoms with Crippen LogP contribution in [-0.4, -0.2) is 30.2 Å². The minimum Gasteiger partial charge on any atom is -0.481 e. The largest absolute Gasteiger partial charge is 0.481 e. The summed E-state index contributed by atoms with van der Waals surface area (Å²) in [6.07, 6.45) is 0.415. The lowest BCUT2D eigenvalue weighted by Crippen LogP contribution is -2.37. The standard InChI is InChI=1S/C9H15BrN2O3/c1-6(8(13)14)3-4-11-9(15)12-5-7(2)10/h6H,2-5H2,1H3,(H,13,14)(H2,11,12,15). The second kappa shape index (κ2) is 7.28. The van der Waals surface area contributed by atoms with E-state index in [1.807, 2.05) is 0 Å². The number of amides is 2. The third-order valence-corrected chi connectivity index (χ3v) is 2.01. The molecule has 0 saturated carbocycles. The molecule has 0 rings (SSSR count). The average Bonchev–Trinajstić information content (AvgIpc) is 2.14. The summed E-state index contributed by atoms with van der Waals surface area (Å²) < 4.78 is 0.677. The summed E-state index contributed by atoms with van der Waals surface area (Å²) in [5.41, 5.74) is 0. The number of carbonyl (C=O) groups is 2. The van der Waals surface area contributed by atoms with E-state index in [-0.39, 0.29) is 6.03 Å². The quantitative estimate of drug-likeness (QED) is 0.685. The zero-order valence-electron chi connectivity index (χ0n) is 8.55. The molecule has 0 bridgehead atoms. The fourth-order valence-electron chi connectivity index (χ4n) is 0.764. The molecular weight excluding hydrogens is 264 g/mol. The van der Waals surface area contributed by atoms with Crippen molar-refractivity contribution in [2.45, 2.75) is 13.3 Å². The van der Waals surface area contributed by atoms with Crippen LogP contribution in [0.3, 0.4) is 0 Å². The van der Waals surface area contributed by atoms with Gasteiger partial charge in [0, 0.05) is 11.0 Å². The van der Waals surface area contributed by atoms with Crippen molar-refractivity contribution in [1.29, 1.82) is 0 Å². The number of carboxylic acids is 1. The van der Waals surface area contributed by atoms with Crippen molar-refractivity contribution in [2.24, 2.45) is 5.92 Å². The molecule has 1 atom stereocenters. The van der Waals surface area contributed by atoms with Crippen LogP contribution in [0.25, 0.3) is 0 Å². The van der Waals surface area contributed by atoms with Gasteiger partial charge in [-0.15, -0.1) is 0 Å². The minimum atomic E-state index is -0.856. The Hall–Kier alpha value is -1.04. The van der Waals surface area contributed by atoms with Crippen molar-refractivity contribution in [3.63, 3.8) is 0 Å². The number of hydrogen-bond donors (Lipinski definition) is 3. The summed E-state index contributed by atoms with van der Waals surface area (Å²) in [4.78, 5) is 21.5. The number of urea groups is 1. The Morgan fingerprint density at radius 2 is 2.07 bits per heavy atom. The maximum atomic E-state index is 11.1. The highest BCUT2D eigenvalue weighted by molar-refractivity contribution is 9.11. The molecule has 5 nitrogen and oxygen atoms in total. The molecule has 0 aromatic heterocycles. The monoisotopic (exact) mass is 278 g/mol. The van der Waals surface area contributed by atoms with Crippen molar-refractivity contribution in [2.75, 3.05) is 13.1 Å². The highest BCUT2D eigenvalue weighted by atomic mass is 79.9. The second-order valence-corrected chi connectivity index (χ2v) is 4.28. The van der Waals surface area contributed by atoms with Gasteiger partial charge in [-0.1, -0.05) is 29.4 Å². The van der Waals surface area contributed by atoms with Gasteiger partial charge in [-0.2, -0.15) is 0 Å². The lowest BCUT2D eigenvalue weighted by atomic mass is 10.1. The van der Waals surface area contributed by atoms with Gasteiger partial charge in [0.1, 0.15) is 0 Å². The third-order valence-electron chi connectivity index (χ3n) is 1.73. The number of nitrogens with one attached hydrogen (secondary N) is 2. The molecule has 0 spiro atoms. The maximum Gasteiger partial charge on any atom is 0.315 e. The van der Waals surface area contributed by atoms with Crippen molar-refractivity contribution in [1.82, 2.24) is 10.6 Å². The molecule has 0 aliphatic rings. The van der Waals surface area contributed by atoms with E-state index in [1.54, 1.807) is 6.92 Å². The van der Waals surface area contributed by atoms with E-state index >= 15 is 0 Å². The van der Waals surface area contributed by atoms with E-state index in [1.165, 1.54) is 0 Å².